The van der Waals surface area contributed by atoms with Crippen LogP contribution in [-0.4, -0.2) is 29.8 Å². The van der Waals surface area contributed by atoms with E-state index in [0.717, 1.165) is 32.4 Å². The number of carbonyl (C=O) groups excluding carboxylic acids is 3. The van der Waals surface area contributed by atoms with E-state index in [9.17, 15) is 14.4 Å². The van der Waals surface area contributed by atoms with Gasteiger partial charge in [-0.1, -0.05) is 103 Å². The summed E-state index contributed by atoms with van der Waals surface area (Å²) in [5, 5.41) is 12.5. The van der Waals surface area contributed by atoms with E-state index in [0.29, 0.717) is 27.8 Å². The van der Waals surface area contributed by atoms with E-state index in [2.05, 4.69) is 20.9 Å². The Bertz CT molecular complexity index is 2440. The first kappa shape index (κ1) is 35.9. The zero-order valence-electron chi connectivity index (χ0n) is 29.1. The minimum atomic E-state index is -0.589. The smallest absolute Gasteiger partial charge is 0.272 e. The van der Waals surface area contributed by atoms with E-state index in [-0.39, 0.29) is 11.6 Å². The number of benzene rings is 6. The molecule has 1 unspecified atom stereocenters. The Morgan fingerprint density at radius 2 is 1.43 bits per heavy atom. The van der Waals surface area contributed by atoms with Crippen LogP contribution in [0.5, 0.6) is 5.75 Å². The van der Waals surface area contributed by atoms with Crippen molar-refractivity contribution < 1.29 is 19.1 Å². The monoisotopic (exact) mass is 746 g/mol. The third-order valence-electron chi connectivity index (χ3n) is 8.48. The Morgan fingerprint density at radius 1 is 0.741 bits per heavy atom. The SMILES string of the molecule is COc1ccccc1-c1csc(NC(=O)C(Sc2ccc(NC(=O)/C(=C/c3cccc4ccccc34)NC(=O)c3ccccc3)cc2)c2ccccc2)n1. The maximum absolute atomic E-state index is 13.8. The van der Waals surface area contributed by atoms with Crippen molar-refractivity contribution in [1.82, 2.24) is 10.3 Å². The number of thioether (sulfide) groups is 1. The summed E-state index contributed by atoms with van der Waals surface area (Å²) in [7, 11) is 1.62. The first-order valence-corrected chi connectivity index (χ1v) is 18.8. The van der Waals surface area contributed by atoms with E-state index in [1.165, 1.54) is 23.1 Å². The number of ether oxygens (including phenoxy) is 1. The molecule has 0 spiro atoms. The second-order valence-corrected chi connectivity index (χ2v) is 14.1. The molecule has 54 heavy (non-hydrogen) atoms. The highest BCUT2D eigenvalue weighted by Crippen LogP contribution is 2.38. The lowest BCUT2D eigenvalue weighted by molar-refractivity contribution is -0.116. The van der Waals surface area contributed by atoms with Crippen molar-refractivity contribution in [1.29, 1.82) is 0 Å². The fourth-order valence-corrected chi connectivity index (χ4v) is 7.55. The standard InChI is InChI=1S/C44H34N4O4S2/c1-52-39-22-11-10-21-36(39)38-28-53-44(47-38)48-43(51)40(30-14-4-2-5-15-30)54-34-25-23-33(24-26-34)45-42(50)37(46-41(49)31-16-6-3-7-17-31)27-32-19-12-18-29-13-8-9-20-35(29)32/h2-28,40H,1H3,(H,45,50)(H,46,49)(H,47,48,51)/b37-27-. The average molecular weight is 747 g/mol. The normalized spacial score (nSPS) is 11.8. The molecule has 1 aromatic heterocycles. The van der Waals surface area contributed by atoms with E-state index in [4.69, 9.17) is 4.74 Å². The van der Waals surface area contributed by atoms with Gasteiger partial charge in [-0.25, -0.2) is 4.98 Å². The number of carbonyl (C=O) groups is 3. The Balaban J connectivity index is 1.09. The fraction of sp³-hybridized carbons (Fsp3) is 0.0455. The van der Waals surface area contributed by atoms with Crippen molar-refractivity contribution in [3.05, 3.63) is 179 Å². The van der Waals surface area contributed by atoms with Crippen molar-refractivity contribution in [3.8, 4) is 17.0 Å². The molecular weight excluding hydrogens is 713 g/mol. The van der Waals surface area contributed by atoms with Gasteiger partial charge in [0.15, 0.2) is 5.13 Å². The van der Waals surface area contributed by atoms with Crippen LogP contribution in [0.1, 0.15) is 26.7 Å². The van der Waals surface area contributed by atoms with Crippen LogP contribution in [-0.2, 0) is 9.59 Å². The van der Waals surface area contributed by atoms with Crippen LogP contribution >= 0.6 is 23.1 Å². The summed E-state index contributed by atoms with van der Waals surface area (Å²) in [5.41, 5.74) is 4.22. The van der Waals surface area contributed by atoms with Crippen LogP contribution in [0.25, 0.3) is 28.1 Å². The summed E-state index contributed by atoms with van der Waals surface area (Å²) in [5.74, 6) is -0.401. The molecule has 0 bridgehead atoms. The van der Waals surface area contributed by atoms with Crippen molar-refractivity contribution in [3.63, 3.8) is 0 Å². The second kappa shape index (κ2) is 16.9. The number of anilines is 2. The van der Waals surface area contributed by atoms with Gasteiger partial charge in [0.25, 0.3) is 11.8 Å². The zero-order chi connectivity index (χ0) is 37.3. The minimum absolute atomic E-state index is 0.0931. The zero-order valence-corrected chi connectivity index (χ0v) is 30.7. The first-order valence-electron chi connectivity index (χ1n) is 17.0. The molecule has 10 heteroatoms. The summed E-state index contributed by atoms with van der Waals surface area (Å²) in [6.45, 7) is 0. The van der Waals surface area contributed by atoms with Gasteiger partial charge in [0.1, 0.15) is 16.7 Å². The molecule has 7 rings (SSSR count). The predicted molar refractivity (Wildman–Crippen MR) is 219 cm³/mol. The first-order chi connectivity index (χ1) is 26.4. The Morgan fingerprint density at radius 3 is 2.20 bits per heavy atom. The number of fused-ring (bicyclic) bond motifs is 1. The molecule has 0 fully saturated rings. The number of para-hydroxylation sites is 1. The molecule has 7 aromatic rings. The van der Waals surface area contributed by atoms with Gasteiger partial charge in [0, 0.05) is 27.1 Å². The molecule has 0 radical (unpaired) electrons. The molecule has 3 N–H and O–H groups in total. The Kier molecular flexibility index (Phi) is 11.2. The van der Waals surface area contributed by atoms with E-state index in [1.807, 2.05) is 121 Å². The average Bonchev–Trinajstić information content (AvgIpc) is 3.69. The van der Waals surface area contributed by atoms with Gasteiger partial charge in [0.2, 0.25) is 5.91 Å². The molecular formula is C44H34N4O4S2. The molecule has 0 aliphatic heterocycles. The van der Waals surface area contributed by atoms with Crippen LogP contribution in [0, 0.1) is 0 Å². The van der Waals surface area contributed by atoms with Crippen LogP contribution in [0.15, 0.2) is 168 Å². The maximum Gasteiger partial charge on any atom is 0.272 e. The molecule has 0 aliphatic carbocycles. The van der Waals surface area contributed by atoms with Crippen LogP contribution in [0.3, 0.4) is 0 Å². The highest BCUT2D eigenvalue weighted by atomic mass is 32.2. The molecule has 3 amide bonds. The number of hydrogen-bond donors (Lipinski definition) is 3. The van der Waals surface area contributed by atoms with E-state index >= 15 is 0 Å². The third kappa shape index (κ3) is 8.58. The highest BCUT2D eigenvalue weighted by molar-refractivity contribution is 8.00. The maximum atomic E-state index is 13.8. The predicted octanol–water partition coefficient (Wildman–Crippen LogP) is 9.85. The molecule has 6 aromatic carbocycles. The minimum Gasteiger partial charge on any atom is -0.496 e. The molecule has 1 heterocycles. The van der Waals surface area contributed by atoms with Gasteiger partial charge in [-0.05, 0) is 76.5 Å². The van der Waals surface area contributed by atoms with Gasteiger partial charge in [-0.3, -0.25) is 14.4 Å². The van der Waals surface area contributed by atoms with Crippen LogP contribution in [0.4, 0.5) is 10.8 Å². The summed E-state index contributed by atoms with van der Waals surface area (Å²) in [4.78, 5) is 46.3. The fourth-order valence-electron chi connectivity index (χ4n) is 5.81. The number of methoxy groups -OCH3 is 1. The third-order valence-corrected chi connectivity index (χ3v) is 10.5. The number of thiazole rings is 1. The molecule has 266 valence electrons. The number of rotatable bonds is 12. The van der Waals surface area contributed by atoms with Crippen LogP contribution in [0.2, 0.25) is 0 Å². The highest BCUT2D eigenvalue weighted by Gasteiger charge is 2.24. The summed E-state index contributed by atoms with van der Waals surface area (Å²) < 4.78 is 5.50. The molecule has 8 nitrogen and oxygen atoms in total. The van der Waals surface area contributed by atoms with Crippen LogP contribution < -0.4 is 20.7 Å². The number of nitrogens with one attached hydrogen (secondary N) is 3. The van der Waals surface area contributed by atoms with Gasteiger partial charge >= 0.3 is 0 Å². The molecule has 1 atom stereocenters. The van der Waals surface area contributed by atoms with Gasteiger partial charge < -0.3 is 20.7 Å². The van der Waals surface area contributed by atoms with Crippen molar-refractivity contribution in [2.45, 2.75) is 10.1 Å². The summed E-state index contributed by atoms with van der Waals surface area (Å²) >= 11 is 2.73. The molecule has 0 saturated carbocycles. The number of amides is 3. The summed E-state index contributed by atoms with van der Waals surface area (Å²) in [6.07, 6.45) is 1.69. The quantitative estimate of drug-likeness (QED) is 0.0849. The van der Waals surface area contributed by atoms with E-state index in [1.54, 1.807) is 49.6 Å². The number of aromatic nitrogens is 1. The van der Waals surface area contributed by atoms with E-state index < -0.39 is 17.1 Å². The van der Waals surface area contributed by atoms with Gasteiger partial charge in [-0.15, -0.1) is 23.1 Å². The number of nitrogens with zero attached hydrogens (tertiary/aromatic N) is 1. The summed E-state index contributed by atoms with van der Waals surface area (Å²) in [6, 6.07) is 46.9. The molecule has 0 aliphatic rings. The van der Waals surface area contributed by atoms with Gasteiger partial charge in [0.05, 0.1) is 12.8 Å². The lowest BCUT2D eigenvalue weighted by Gasteiger charge is -2.17. The Hall–Kier alpha value is -6.49. The van der Waals surface area contributed by atoms with Crippen molar-refractivity contribution in [2.24, 2.45) is 0 Å². The van der Waals surface area contributed by atoms with Gasteiger partial charge in [-0.2, -0.15) is 0 Å². The van der Waals surface area contributed by atoms with Crippen molar-refractivity contribution in [2.75, 3.05) is 17.7 Å². The number of hydrogen-bond acceptors (Lipinski definition) is 7. The largest absolute Gasteiger partial charge is 0.496 e. The van der Waals surface area contributed by atoms with Crippen molar-refractivity contribution >= 4 is 68.5 Å². The lowest BCUT2D eigenvalue weighted by Crippen LogP contribution is -2.30. The Labute approximate surface area is 320 Å². The second-order valence-electron chi connectivity index (χ2n) is 12.1. The molecule has 0 saturated heterocycles. The topological polar surface area (TPSA) is 109 Å². The lowest BCUT2D eigenvalue weighted by atomic mass is 10.0.